The maximum Gasteiger partial charge on any atom is 0.509 e. The summed E-state index contributed by atoms with van der Waals surface area (Å²) in [4.78, 5) is 0. The summed E-state index contributed by atoms with van der Waals surface area (Å²) in [7, 11) is 0. The van der Waals surface area contributed by atoms with Gasteiger partial charge in [-0.25, -0.2) is 0 Å². The third-order valence-electron chi connectivity index (χ3n) is 1.53. The predicted molar refractivity (Wildman–Crippen MR) is 47.7 cm³/mol. The zero-order valence-corrected chi connectivity index (χ0v) is 7.02. The van der Waals surface area contributed by atoms with Gasteiger partial charge < -0.3 is 12.9 Å². The van der Waals surface area contributed by atoms with E-state index in [1.165, 1.54) is 6.07 Å². The molecule has 0 bridgehead atoms. The van der Waals surface area contributed by atoms with Gasteiger partial charge in [-0.1, -0.05) is 24.1 Å². The first-order chi connectivity index (χ1) is 6.04. The van der Waals surface area contributed by atoms with Crippen LogP contribution in [0.3, 0.4) is 0 Å². The first-order valence-electron chi connectivity index (χ1n) is 3.76. The van der Waals surface area contributed by atoms with E-state index in [0.29, 0.717) is 5.56 Å². The highest BCUT2D eigenvalue weighted by molar-refractivity contribution is 6.73. The molecule has 1 aromatic carbocycles. The first-order valence-corrected chi connectivity index (χ1v) is 3.76. The fourth-order valence-electron chi connectivity index (χ4n) is 0.964. The van der Waals surface area contributed by atoms with Crippen molar-refractivity contribution < 1.29 is 12.9 Å². The molecule has 0 amide bonds. The van der Waals surface area contributed by atoms with Gasteiger partial charge in [0.25, 0.3) is 0 Å². The van der Waals surface area contributed by atoms with E-state index in [4.69, 9.17) is 0 Å². The summed E-state index contributed by atoms with van der Waals surface area (Å²) in [5.41, 5.74) is -0.195. The number of hydrogen-bond acceptors (Lipinski definition) is 0. The predicted octanol–water partition coefficient (Wildman–Crippen LogP) is 2.11. The lowest BCUT2D eigenvalue weighted by Gasteiger charge is -2.14. The quantitative estimate of drug-likeness (QED) is 0.462. The third-order valence-corrected chi connectivity index (χ3v) is 1.53. The summed E-state index contributed by atoms with van der Waals surface area (Å²) < 4.78 is 36.7. The van der Waals surface area contributed by atoms with Crippen LogP contribution < -0.4 is 5.46 Å². The van der Waals surface area contributed by atoms with Crippen molar-refractivity contribution in [2.75, 3.05) is 0 Å². The van der Waals surface area contributed by atoms with Gasteiger partial charge in [0.2, 0.25) is 0 Å². The molecule has 68 valence electrons. The molecule has 13 heavy (non-hydrogen) atoms. The van der Waals surface area contributed by atoms with Crippen LogP contribution in [0, 0.1) is 11.8 Å². The largest absolute Gasteiger partial charge is 0.509 e. The van der Waals surface area contributed by atoms with E-state index in [-0.39, 0.29) is 0 Å². The molecule has 4 heteroatoms. The SMILES string of the molecule is CC#Cc1cccc([B-](F)(F)F)c1. The lowest BCUT2D eigenvalue weighted by molar-refractivity contribution is 0.501. The second-order valence-electron chi connectivity index (χ2n) is 2.58. The van der Waals surface area contributed by atoms with E-state index in [0.717, 1.165) is 12.1 Å². The van der Waals surface area contributed by atoms with Crippen molar-refractivity contribution in [2.24, 2.45) is 0 Å². The van der Waals surface area contributed by atoms with Crippen molar-refractivity contribution >= 4 is 12.4 Å². The lowest BCUT2D eigenvalue weighted by Crippen LogP contribution is -2.33. The maximum atomic E-state index is 12.2. The third kappa shape index (κ3) is 2.55. The fourth-order valence-corrected chi connectivity index (χ4v) is 0.964. The number of hydrogen-bond donors (Lipinski definition) is 0. The summed E-state index contributed by atoms with van der Waals surface area (Å²) in [6, 6.07) is 5.05. The van der Waals surface area contributed by atoms with Gasteiger partial charge >= 0.3 is 6.98 Å². The molecule has 1 aromatic rings. The molecule has 0 aliphatic rings. The van der Waals surface area contributed by atoms with Crippen LogP contribution in [0.1, 0.15) is 12.5 Å². The Morgan fingerprint density at radius 3 is 2.46 bits per heavy atom. The highest BCUT2D eigenvalue weighted by Gasteiger charge is 2.25. The minimum Gasteiger partial charge on any atom is -0.445 e. The van der Waals surface area contributed by atoms with Gasteiger partial charge in [0, 0.05) is 5.56 Å². The Kier molecular flexibility index (Phi) is 2.67. The van der Waals surface area contributed by atoms with Gasteiger partial charge in [-0.2, -0.15) is 0 Å². The van der Waals surface area contributed by atoms with Crippen LogP contribution >= 0.6 is 0 Å². The molecular formula is C9H7BF3-. The van der Waals surface area contributed by atoms with Crippen LogP contribution in [-0.2, 0) is 0 Å². The molecule has 0 spiro atoms. The van der Waals surface area contributed by atoms with E-state index in [2.05, 4.69) is 11.8 Å². The Balaban J connectivity index is 3.10. The molecule has 0 nitrogen and oxygen atoms in total. The Hall–Kier alpha value is -1.37. The van der Waals surface area contributed by atoms with Crippen LogP contribution in [-0.4, -0.2) is 6.98 Å². The van der Waals surface area contributed by atoms with E-state index >= 15 is 0 Å². The molecular weight excluding hydrogens is 176 g/mol. The van der Waals surface area contributed by atoms with Gasteiger partial charge in [0.15, 0.2) is 0 Å². The standard InChI is InChI=1S/C9H7BF3/c1-2-4-8-5-3-6-9(7-8)10(11,12)13/h3,5-7H,1H3/q-1. The highest BCUT2D eigenvalue weighted by Crippen LogP contribution is 2.09. The van der Waals surface area contributed by atoms with Crippen molar-refractivity contribution in [1.82, 2.24) is 0 Å². The Morgan fingerprint density at radius 2 is 1.92 bits per heavy atom. The van der Waals surface area contributed by atoms with Crippen LogP contribution in [0.2, 0.25) is 0 Å². The van der Waals surface area contributed by atoms with Crippen LogP contribution in [0.25, 0.3) is 0 Å². The fraction of sp³-hybridized carbons (Fsp3) is 0.111. The normalized spacial score (nSPS) is 10.5. The summed E-state index contributed by atoms with van der Waals surface area (Å²) >= 11 is 0. The lowest BCUT2D eigenvalue weighted by atomic mass is 9.79. The Labute approximate surface area is 74.8 Å². The van der Waals surface area contributed by atoms with Crippen LogP contribution in [0.15, 0.2) is 24.3 Å². The first kappa shape index (κ1) is 9.72. The van der Waals surface area contributed by atoms with Gasteiger partial charge in [-0.15, -0.1) is 11.4 Å². The zero-order chi connectivity index (χ0) is 9.90. The Morgan fingerprint density at radius 1 is 1.23 bits per heavy atom. The summed E-state index contributed by atoms with van der Waals surface area (Å²) in [5.74, 6) is 5.13. The molecule has 0 fully saturated rings. The average molecular weight is 183 g/mol. The molecule has 0 unspecified atom stereocenters. The van der Waals surface area contributed by atoms with Crippen molar-refractivity contribution in [3.05, 3.63) is 29.8 Å². The molecule has 0 heterocycles. The molecule has 0 atom stereocenters. The van der Waals surface area contributed by atoms with E-state index in [1.807, 2.05) is 0 Å². The van der Waals surface area contributed by atoms with Gasteiger partial charge in [-0.3, -0.25) is 0 Å². The molecule has 0 saturated heterocycles. The summed E-state index contributed by atoms with van der Waals surface area (Å²) in [5, 5.41) is 0. The van der Waals surface area contributed by atoms with Gasteiger partial charge in [0.05, 0.1) is 0 Å². The molecule has 0 aliphatic heterocycles. The molecule has 1 rings (SSSR count). The van der Waals surface area contributed by atoms with Crippen molar-refractivity contribution in [2.45, 2.75) is 6.92 Å². The summed E-state index contributed by atoms with van der Waals surface area (Å²) in [6.45, 7) is -3.32. The maximum absolute atomic E-state index is 12.2. The monoisotopic (exact) mass is 183 g/mol. The minimum absolute atomic E-state index is 0.402. The van der Waals surface area contributed by atoms with Crippen molar-refractivity contribution in [3.63, 3.8) is 0 Å². The van der Waals surface area contributed by atoms with E-state index < -0.39 is 12.4 Å². The Bertz CT molecular complexity index is 357. The molecule has 0 saturated carbocycles. The van der Waals surface area contributed by atoms with Gasteiger partial charge in [0.1, 0.15) is 0 Å². The smallest absolute Gasteiger partial charge is 0.445 e. The van der Waals surface area contributed by atoms with E-state index in [1.54, 1.807) is 13.0 Å². The molecule has 0 radical (unpaired) electrons. The minimum atomic E-state index is -4.91. The van der Waals surface area contributed by atoms with E-state index in [9.17, 15) is 12.9 Å². The average Bonchev–Trinajstić information content (AvgIpc) is 2.04. The number of halogens is 3. The topological polar surface area (TPSA) is 0 Å². The zero-order valence-electron chi connectivity index (χ0n) is 7.02. The molecule has 0 aliphatic carbocycles. The molecule has 0 N–H and O–H groups in total. The van der Waals surface area contributed by atoms with Crippen LogP contribution in [0.4, 0.5) is 12.9 Å². The number of rotatable bonds is 1. The van der Waals surface area contributed by atoms with Gasteiger partial charge in [-0.05, 0) is 13.0 Å². The molecule has 0 aromatic heterocycles. The highest BCUT2D eigenvalue weighted by atomic mass is 19.4. The van der Waals surface area contributed by atoms with Crippen molar-refractivity contribution in [1.29, 1.82) is 0 Å². The number of benzene rings is 1. The summed E-state index contributed by atoms with van der Waals surface area (Å²) in [6.07, 6.45) is 0. The second-order valence-corrected chi connectivity index (χ2v) is 2.58. The van der Waals surface area contributed by atoms with Crippen LogP contribution in [0.5, 0.6) is 0 Å². The second kappa shape index (κ2) is 3.57. The van der Waals surface area contributed by atoms with Crippen molar-refractivity contribution in [3.8, 4) is 11.8 Å².